The van der Waals surface area contributed by atoms with Crippen LogP contribution in [-0.4, -0.2) is 7.11 Å². The molecule has 3 heteroatoms. The van der Waals surface area contributed by atoms with Crippen LogP contribution in [0.25, 0.3) is 0 Å². The number of hydrogen-bond acceptors (Lipinski definition) is 1. The van der Waals surface area contributed by atoms with Crippen molar-refractivity contribution in [2.45, 2.75) is 31.1 Å². The molecule has 0 amide bonds. The SMILES string of the molecule is COc1ccc(C(Cl)CC2CCC2)c(Br)c1. The molecule has 1 atom stereocenters. The first-order valence-electron chi connectivity index (χ1n) is 5.68. The molecule has 2 rings (SSSR count). The van der Waals surface area contributed by atoms with Crippen molar-refractivity contribution in [3.05, 3.63) is 28.2 Å². The Bertz CT molecular complexity index is 363. The van der Waals surface area contributed by atoms with Gasteiger partial charge in [-0.1, -0.05) is 41.3 Å². The quantitative estimate of drug-likeness (QED) is 0.717. The molecular weight excluding hydrogens is 287 g/mol. The summed E-state index contributed by atoms with van der Waals surface area (Å²) in [6.45, 7) is 0. The Balaban J connectivity index is 2.06. The lowest BCUT2D eigenvalue weighted by Gasteiger charge is -2.27. The molecule has 0 heterocycles. The minimum atomic E-state index is 0.116. The lowest BCUT2D eigenvalue weighted by atomic mass is 9.81. The van der Waals surface area contributed by atoms with E-state index in [1.807, 2.05) is 12.1 Å². The van der Waals surface area contributed by atoms with Gasteiger partial charge in [-0.25, -0.2) is 0 Å². The van der Waals surface area contributed by atoms with Gasteiger partial charge in [0.15, 0.2) is 0 Å². The second-order valence-electron chi connectivity index (χ2n) is 4.39. The van der Waals surface area contributed by atoms with Crippen LogP contribution in [0.4, 0.5) is 0 Å². The molecule has 1 aromatic carbocycles. The Labute approximate surface area is 110 Å². The van der Waals surface area contributed by atoms with Crippen molar-refractivity contribution in [2.24, 2.45) is 5.92 Å². The van der Waals surface area contributed by atoms with Crippen molar-refractivity contribution in [1.29, 1.82) is 0 Å². The van der Waals surface area contributed by atoms with Crippen molar-refractivity contribution in [1.82, 2.24) is 0 Å². The number of hydrogen-bond donors (Lipinski definition) is 0. The Kier molecular flexibility index (Phi) is 4.15. The maximum Gasteiger partial charge on any atom is 0.120 e. The lowest BCUT2D eigenvalue weighted by Crippen LogP contribution is -2.13. The van der Waals surface area contributed by atoms with Crippen molar-refractivity contribution >= 4 is 27.5 Å². The minimum Gasteiger partial charge on any atom is -0.497 e. The molecule has 1 aliphatic rings. The monoisotopic (exact) mass is 302 g/mol. The van der Waals surface area contributed by atoms with Crippen LogP contribution in [0.5, 0.6) is 5.75 Å². The number of ether oxygens (including phenoxy) is 1. The molecule has 1 saturated carbocycles. The van der Waals surface area contributed by atoms with E-state index < -0.39 is 0 Å². The average Bonchev–Trinajstić information content (AvgIpc) is 2.23. The maximum atomic E-state index is 6.44. The fourth-order valence-corrected chi connectivity index (χ4v) is 3.25. The topological polar surface area (TPSA) is 9.23 Å². The van der Waals surface area contributed by atoms with Gasteiger partial charge in [-0.15, -0.1) is 11.6 Å². The standard InChI is InChI=1S/C13H16BrClO/c1-16-10-5-6-11(12(14)8-10)13(15)7-9-3-2-4-9/h5-6,8-9,13H,2-4,7H2,1H3. The Morgan fingerprint density at radius 3 is 2.75 bits per heavy atom. The summed E-state index contributed by atoms with van der Waals surface area (Å²) in [5.41, 5.74) is 1.18. The molecule has 0 aliphatic heterocycles. The predicted molar refractivity (Wildman–Crippen MR) is 71.2 cm³/mol. The number of rotatable bonds is 4. The van der Waals surface area contributed by atoms with Crippen molar-refractivity contribution < 1.29 is 4.74 Å². The van der Waals surface area contributed by atoms with Gasteiger partial charge in [0.2, 0.25) is 0 Å². The summed E-state index contributed by atoms with van der Waals surface area (Å²) in [5.74, 6) is 1.69. The highest BCUT2D eigenvalue weighted by Crippen LogP contribution is 2.40. The third-order valence-corrected chi connectivity index (χ3v) is 4.41. The van der Waals surface area contributed by atoms with Crippen LogP contribution >= 0.6 is 27.5 Å². The highest BCUT2D eigenvalue weighted by atomic mass is 79.9. The van der Waals surface area contributed by atoms with E-state index in [9.17, 15) is 0 Å². The second-order valence-corrected chi connectivity index (χ2v) is 5.77. The highest BCUT2D eigenvalue weighted by Gasteiger charge is 2.22. The van der Waals surface area contributed by atoms with Gasteiger partial charge in [-0.2, -0.15) is 0 Å². The van der Waals surface area contributed by atoms with Crippen LogP contribution in [0, 0.1) is 5.92 Å². The van der Waals surface area contributed by atoms with Gasteiger partial charge < -0.3 is 4.74 Å². The van der Waals surface area contributed by atoms with Gasteiger partial charge >= 0.3 is 0 Å². The summed E-state index contributed by atoms with van der Waals surface area (Å²) < 4.78 is 6.22. The van der Waals surface area contributed by atoms with E-state index in [-0.39, 0.29) is 5.38 Å². The zero-order valence-electron chi connectivity index (χ0n) is 9.38. The molecular formula is C13H16BrClO. The van der Waals surface area contributed by atoms with E-state index in [1.165, 1.54) is 24.8 Å². The summed E-state index contributed by atoms with van der Waals surface area (Å²) in [4.78, 5) is 0. The second kappa shape index (κ2) is 5.42. The van der Waals surface area contributed by atoms with Crippen LogP contribution in [0.3, 0.4) is 0 Å². The molecule has 0 aromatic heterocycles. The van der Waals surface area contributed by atoms with Crippen LogP contribution in [0.1, 0.15) is 36.6 Å². The van der Waals surface area contributed by atoms with Gasteiger partial charge in [0.1, 0.15) is 5.75 Å². The number of benzene rings is 1. The molecule has 0 bridgehead atoms. The molecule has 1 fully saturated rings. The van der Waals surface area contributed by atoms with Crippen LogP contribution in [0.2, 0.25) is 0 Å². The van der Waals surface area contributed by atoms with E-state index in [0.717, 1.165) is 22.6 Å². The van der Waals surface area contributed by atoms with Crippen molar-refractivity contribution in [3.63, 3.8) is 0 Å². The van der Waals surface area contributed by atoms with Gasteiger partial charge in [0, 0.05) is 4.47 Å². The molecule has 1 aromatic rings. The van der Waals surface area contributed by atoms with Crippen molar-refractivity contribution in [3.8, 4) is 5.75 Å². The summed E-state index contributed by atoms with van der Waals surface area (Å²) >= 11 is 10.00. The number of alkyl halides is 1. The fraction of sp³-hybridized carbons (Fsp3) is 0.538. The van der Waals surface area contributed by atoms with Crippen LogP contribution < -0.4 is 4.74 Å². The van der Waals surface area contributed by atoms with Gasteiger partial charge in [0.25, 0.3) is 0 Å². The van der Waals surface area contributed by atoms with E-state index in [4.69, 9.17) is 16.3 Å². The first-order valence-corrected chi connectivity index (χ1v) is 6.91. The third-order valence-electron chi connectivity index (χ3n) is 3.31. The van der Waals surface area contributed by atoms with Gasteiger partial charge in [-0.3, -0.25) is 0 Å². The summed E-state index contributed by atoms with van der Waals surface area (Å²) in [5, 5.41) is 0.116. The summed E-state index contributed by atoms with van der Waals surface area (Å²) in [6.07, 6.45) is 5.15. The van der Waals surface area contributed by atoms with E-state index in [0.29, 0.717) is 0 Å². The van der Waals surface area contributed by atoms with Crippen molar-refractivity contribution in [2.75, 3.05) is 7.11 Å². The molecule has 0 spiro atoms. The molecule has 1 unspecified atom stereocenters. The lowest BCUT2D eigenvalue weighted by molar-refractivity contribution is 0.293. The zero-order valence-corrected chi connectivity index (χ0v) is 11.7. The maximum absolute atomic E-state index is 6.44. The van der Waals surface area contributed by atoms with Crippen LogP contribution in [0.15, 0.2) is 22.7 Å². The summed E-state index contributed by atoms with van der Waals surface area (Å²) in [7, 11) is 1.67. The fourth-order valence-electron chi connectivity index (χ4n) is 2.04. The average molecular weight is 304 g/mol. The van der Waals surface area contributed by atoms with E-state index in [1.54, 1.807) is 7.11 Å². The molecule has 1 nitrogen and oxygen atoms in total. The summed E-state index contributed by atoms with van der Waals surface area (Å²) in [6, 6.07) is 6.00. The molecule has 0 saturated heterocycles. The van der Waals surface area contributed by atoms with E-state index >= 15 is 0 Å². The first-order chi connectivity index (χ1) is 7.70. The number of methoxy groups -OCH3 is 1. The Morgan fingerprint density at radius 1 is 1.50 bits per heavy atom. The molecule has 0 N–H and O–H groups in total. The minimum absolute atomic E-state index is 0.116. The Morgan fingerprint density at radius 2 is 2.25 bits per heavy atom. The van der Waals surface area contributed by atoms with Gasteiger partial charge in [-0.05, 0) is 30.0 Å². The first kappa shape index (κ1) is 12.3. The van der Waals surface area contributed by atoms with Gasteiger partial charge in [0.05, 0.1) is 12.5 Å². The number of halogens is 2. The highest BCUT2D eigenvalue weighted by molar-refractivity contribution is 9.10. The molecule has 1 aliphatic carbocycles. The Hall–Kier alpha value is -0.210. The predicted octanol–water partition coefficient (Wildman–Crippen LogP) is 4.93. The third kappa shape index (κ3) is 2.72. The van der Waals surface area contributed by atoms with Crippen LogP contribution in [-0.2, 0) is 0 Å². The normalized spacial score (nSPS) is 17.9. The smallest absolute Gasteiger partial charge is 0.120 e. The molecule has 88 valence electrons. The largest absolute Gasteiger partial charge is 0.497 e. The zero-order chi connectivity index (χ0) is 11.5. The molecule has 0 radical (unpaired) electrons. The molecule has 16 heavy (non-hydrogen) atoms. The van der Waals surface area contributed by atoms with E-state index in [2.05, 4.69) is 22.0 Å².